The van der Waals surface area contributed by atoms with Gasteiger partial charge >= 0.3 is 0 Å². The molecule has 0 fully saturated rings. The van der Waals surface area contributed by atoms with Crippen LogP contribution in [0.15, 0.2) is 109 Å². The molecule has 6 aromatic rings. The van der Waals surface area contributed by atoms with Crippen LogP contribution in [0.25, 0.3) is 43.1 Å². The van der Waals surface area contributed by atoms with Gasteiger partial charge in [0.2, 0.25) is 0 Å². The summed E-state index contributed by atoms with van der Waals surface area (Å²) in [7, 11) is -3.47. The van der Waals surface area contributed by atoms with Crippen molar-refractivity contribution in [1.82, 2.24) is 0 Å². The third kappa shape index (κ3) is 3.32. The molecule has 0 spiro atoms. The van der Waals surface area contributed by atoms with E-state index in [1.54, 1.807) is 10.4 Å². The van der Waals surface area contributed by atoms with E-state index in [-0.39, 0.29) is 0 Å². The van der Waals surface area contributed by atoms with E-state index < -0.39 is 15.2 Å². The standard InChI is InChI=1S/C32H30Si2/c1-33(2,31-15-13-27-17-23-9-5-7-11-25(23)19-29(27)21-31)34(3,4)32-16-14-28-18-24-10-6-8-12-26(24)20-30(28)22-32/h5-22H,1-4H3. The average molecular weight is 471 g/mol. The Balaban J connectivity index is 1.46. The van der Waals surface area contributed by atoms with Gasteiger partial charge < -0.3 is 0 Å². The summed E-state index contributed by atoms with van der Waals surface area (Å²) in [5.74, 6) is 0. The molecular weight excluding hydrogens is 441 g/mol. The second-order valence-electron chi connectivity index (χ2n) is 10.8. The van der Waals surface area contributed by atoms with Crippen LogP contribution in [0.5, 0.6) is 0 Å². The first kappa shape index (κ1) is 21.3. The van der Waals surface area contributed by atoms with Crippen molar-refractivity contribution in [1.29, 1.82) is 0 Å². The van der Waals surface area contributed by atoms with Gasteiger partial charge in [-0.1, -0.05) is 121 Å². The molecule has 0 nitrogen and oxygen atoms in total. The highest BCUT2D eigenvalue weighted by molar-refractivity contribution is 7.50. The number of hydrogen-bond donors (Lipinski definition) is 0. The topological polar surface area (TPSA) is 0 Å². The minimum atomic E-state index is -1.73. The monoisotopic (exact) mass is 470 g/mol. The van der Waals surface area contributed by atoms with Crippen LogP contribution in [-0.4, -0.2) is 15.2 Å². The van der Waals surface area contributed by atoms with Crippen LogP contribution in [0.3, 0.4) is 0 Å². The summed E-state index contributed by atoms with van der Waals surface area (Å²) < 4.78 is 0. The molecule has 0 saturated heterocycles. The first-order valence-electron chi connectivity index (χ1n) is 12.2. The van der Waals surface area contributed by atoms with Gasteiger partial charge in [-0.3, -0.25) is 0 Å². The van der Waals surface area contributed by atoms with E-state index in [0.29, 0.717) is 0 Å². The number of benzene rings is 6. The minimum absolute atomic E-state index is 1.32. The highest BCUT2D eigenvalue weighted by Crippen LogP contribution is 2.27. The van der Waals surface area contributed by atoms with Crippen LogP contribution in [0, 0.1) is 0 Å². The molecule has 0 bridgehead atoms. The Hall–Kier alpha value is -3.21. The molecule has 0 aromatic heterocycles. The summed E-state index contributed by atoms with van der Waals surface area (Å²) >= 11 is 0. The quantitative estimate of drug-likeness (QED) is 0.182. The first-order valence-corrected chi connectivity index (χ1v) is 19.2. The van der Waals surface area contributed by atoms with Crippen LogP contribution in [0.1, 0.15) is 0 Å². The molecule has 0 N–H and O–H groups in total. The Morgan fingerprint density at radius 2 is 0.618 bits per heavy atom. The van der Waals surface area contributed by atoms with E-state index in [4.69, 9.17) is 0 Å². The molecule has 0 aliphatic heterocycles. The van der Waals surface area contributed by atoms with Crippen molar-refractivity contribution < 1.29 is 0 Å². The van der Waals surface area contributed by atoms with Gasteiger partial charge in [-0.15, -0.1) is 0 Å². The molecule has 6 aromatic carbocycles. The number of rotatable bonds is 3. The van der Waals surface area contributed by atoms with Crippen molar-refractivity contribution in [3.8, 4) is 0 Å². The fourth-order valence-corrected chi connectivity index (χ4v) is 14.1. The van der Waals surface area contributed by atoms with Crippen molar-refractivity contribution in [2.75, 3.05) is 0 Å². The van der Waals surface area contributed by atoms with Crippen molar-refractivity contribution in [3.05, 3.63) is 109 Å². The maximum atomic E-state index is 2.59. The largest absolute Gasteiger partial charge is 0.0791 e. The predicted molar refractivity (Wildman–Crippen MR) is 157 cm³/mol. The fourth-order valence-electron chi connectivity index (χ4n) is 5.38. The maximum Gasteiger partial charge on any atom is 0.0791 e. The van der Waals surface area contributed by atoms with E-state index in [1.807, 2.05) is 0 Å². The summed E-state index contributed by atoms with van der Waals surface area (Å²) in [4.78, 5) is 0. The number of fused-ring (bicyclic) bond motifs is 4. The Morgan fingerprint density at radius 1 is 0.324 bits per heavy atom. The smallest absolute Gasteiger partial charge is 0.0671 e. The van der Waals surface area contributed by atoms with Gasteiger partial charge in [0, 0.05) is 0 Å². The summed E-state index contributed by atoms with van der Waals surface area (Å²) in [6.45, 7) is 10.4. The number of hydrogen-bond acceptors (Lipinski definition) is 0. The van der Waals surface area contributed by atoms with Crippen LogP contribution in [-0.2, 0) is 0 Å². The Morgan fingerprint density at radius 3 is 0.971 bits per heavy atom. The van der Waals surface area contributed by atoms with Gasteiger partial charge in [-0.25, -0.2) is 0 Å². The third-order valence-corrected chi connectivity index (χ3v) is 26.2. The third-order valence-electron chi connectivity index (χ3n) is 8.42. The second kappa shape index (κ2) is 7.66. The lowest BCUT2D eigenvalue weighted by Gasteiger charge is -2.39. The van der Waals surface area contributed by atoms with Gasteiger partial charge in [0.15, 0.2) is 0 Å². The zero-order valence-corrected chi connectivity index (χ0v) is 22.4. The molecule has 166 valence electrons. The highest BCUT2D eigenvalue weighted by atomic mass is 29.3. The van der Waals surface area contributed by atoms with Gasteiger partial charge in [0.25, 0.3) is 0 Å². The predicted octanol–water partition coefficient (Wildman–Crippen LogP) is 7.91. The molecule has 0 aliphatic rings. The molecule has 6 rings (SSSR count). The van der Waals surface area contributed by atoms with Crippen molar-refractivity contribution in [2.24, 2.45) is 0 Å². The maximum absolute atomic E-state index is 2.59. The molecule has 0 saturated carbocycles. The molecule has 0 aliphatic carbocycles. The summed E-state index contributed by atoms with van der Waals surface area (Å²) in [5.41, 5.74) is 0. The molecule has 0 heterocycles. The molecule has 0 amide bonds. The Kier molecular flexibility index (Phi) is 4.81. The molecule has 34 heavy (non-hydrogen) atoms. The molecular formula is C32H30Si2. The Bertz CT molecular complexity index is 1580. The van der Waals surface area contributed by atoms with Crippen molar-refractivity contribution in [2.45, 2.75) is 26.2 Å². The van der Waals surface area contributed by atoms with Crippen LogP contribution < -0.4 is 10.4 Å². The van der Waals surface area contributed by atoms with Crippen molar-refractivity contribution in [3.63, 3.8) is 0 Å². The van der Waals surface area contributed by atoms with Gasteiger partial charge in [0.05, 0.1) is 15.2 Å². The van der Waals surface area contributed by atoms with E-state index in [0.717, 1.165) is 0 Å². The van der Waals surface area contributed by atoms with E-state index in [9.17, 15) is 0 Å². The molecule has 0 radical (unpaired) electrons. The zero-order valence-electron chi connectivity index (χ0n) is 20.4. The second-order valence-corrected chi connectivity index (χ2v) is 25.9. The van der Waals surface area contributed by atoms with E-state index in [2.05, 4.69) is 135 Å². The van der Waals surface area contributed by atoms with Crippen molar-refractivity contribution >= 4 is 68.6 Å². The SMILES string of the molecule is C[Si](C)(c1ccc2cc3ccccc3cc2c1)[Si](C)(C)c1ccc2cc3ccccc3cc2c1. The van der Waals surface area contributed by atoms with Gasteiger partial charge in [-0.2, -0.15) is 0 Å². The van der Waals surface area contributed by atoms with Crippen LogP contribution >= 0.6 is 0 Å². The first-order chi connectivity index (χ1) is 16.3. The van der Waals surface area contributed by atoms with Crippen LogP contribution in [0.2, 0.25) is 26.2 Å². The zero-order chi connectivity index (χ0) is 23.5. The summed E-state index contributed by atoms with van der Waals surface area (Å²) in [6, 6.07) is 41.3. The lowest BCUT2D eigenvalue weighted by atomic mass is 10.0. The minimum Gasteiger partial charge on any atom is -0.0671 e. The summed E-state index contributed by atoms with van der Waals surface area (Å²) in [5, 5.41) is 13.8. The molecule has 2 heteroatoms. The van der Waals surface area contributed by atoms with Gasteiger partial charge in [0.1, 0.15) is 0 Å². The Labute approximate surface area is 203 Å². The lowest BCUT2D eigenvalue weighted by Crippen LogP contribution is -2.69. The fraction of sp³-hybridized carbons (Fsp3) is 0.125. The molecule has 0 atom stereocenters. The van der Waals surface area contributed by atoms with Gasteiger partial charge in [-0.05, 0) is 67.4 Å². The lowest BCUT2D eigenvalue weighted by molar-refractivity contribution is 1.72. The molecule has 0 unspecified atom stereocenters. The van der Waals surface area contributed by atoms with Crippen LogP contribution in [0.4, 0.5) is 0 Å². The average Bonchev–Trinajstić information content (AvgIpc) is 2.85. The van der Waals surface area contributed by atoms with E-state index in [1.165, 1.54) is 43.1 Å². The highest BCUT2D eigenvalue weighted by Gasteiger charge is 2.43. The van der Waals surface area contributed by atoms with E-state index >= 15 is 0 Å². The normalized spacial score (nSPS) is 12.7. The summed E-state index contributed by atoms with van der Waals surface area (Å²) in [6.07, 6.45) is 0.